The summed E-state index contributed by atoms with van der Waals surface area (Å²) in [4.78, 5) is 22.2. The van der Waals surface area contributed by atoms with E-state index in [0.29, 0.717) is 18.2 Å². The number of nitrogens with zero attached hydrogens (tertiary/aromatic N) is 2. The standard InChI is InChI=1S/C13H19N3O3/c1-10-8-13(17)15(9-12(10)16(18)19)7-5-11-4-2-3-6-14-11/h8-9,11,14H,2-7H2,1H3. The highest BCUT2D eigenvalue weighted by Gasteiger charge is 2.15. The van der Waals surface area contributed by atoms with Gasteiger partial charge in [0.05, 0.1) is 11.1 Å². The molecule has 0 radical (unpaired) electrons. The van der Waals surface area contributed by atoms with E-state index in [0.717, 1.165) is 19.4 Å². The van der Waals surface area contributed by atoms with Gasteiger partial charge in [0.15, 0.2) is 0 Å². The molecular formula is C13H19N3O3. The lowest BCUT2D eigenvalue weighted by Crippen LogP contribution is -2.35. The normalized spacial score (nSPS) is 19.3. The summed E-state index contributed by atoms with van der Waals surface area (Å²) in [5.41, 5.74) is 0.261. The van der Waals surface area contributed by atoms with E-state index in [9.17, 15) is 14.9 Å². The molecule has 1 aromatic heterocycles. The van der Waals surface area contributed by atoms with Crippen molar-refractivity contribution < 1.29 is 4.92 Å². The molecule has 0 amide bonds. The van der Waals surface area contributed by atoms with E-state index >= 15 is 0 Å². The number of hydrogen-bond acceptors (Lipinski definition) is 4. The second-order valence-electron chi connectivity index (χ2n) is 5.07. The quantitative estimate of drug-likeness (QED) is 0.662. The number of nitro groups is 1. The number of rotatable bonds is 4. The van der Waals surface area contributed by atoms with Crippen LogP contribution in [0.1, 0.15) is 31.2 Å². The molecule has 1 unspecified atom stereocenters. The number of nitrogens with one attached hydrogen (secondary N) is 1. The van der Waals surface area contributed by atoms with E-state index in [4.69, 9.17) is 0 Å². The first-order valence-electron chi connectivity index (χ1n) is 6.67. The highest BCUT2D eigenvalue weighted by atomic mass is 16.6. The van der Waals surface area contributed by atoms with Crippen molar-refractivity contribution in [3.8, 4) is 0 Å². The fourth-order valence-electron chi connectivity index (χ4n) is 2.49. The van der Waals surface area contributed by atoms with Crippen LogP contribution < -0.4 is 10.9 Å². The third-order valence-electron chi connectivity index (χ3n) is 3.63. The molecule has 104 valence electrons. The maximum Gasteiger partial charge on any atom is 0.288 e. The molecule has 0 aliphatic carbocycles. The van der Waals surface area contributed by atoms with E-state index in [1.807, 2.05) is 0 Å². The van der Waals surface area contributed by atoms with Gasteiger partial charge < -0.3 is 9.88 Å². The van der Waals surface area contributed by atoms with Gasteiger partial charge in [-0.15, -0.1) is 0 Å². The average molecular weight is 265 g/mol. The van der Waals surface area contributed by atoms with Crippen molar-refractivity contribution in [1.29, 1.82) is 0 Å². The molecule has 1 fully saturated rings. The fraction of sp³-hybridized carbons (Fsp3) is 0.615. The van der Waals surface area contributed by atoms with E-state index < -0.39 is 4.92 Å². The van der Waals surface area contributed by atoms with Crippen LogP contribution in [0.2, 0.25) is 0 Å². The third kappa shape index (κ3) is 3.41. The van der Waals surface area contributed by atoms with Crippen LogP contribution in [0, 0.1) is 17.0 Å². The summed E-state index contributed by atoms with van der Waals surface area (Å²) < 4.78 is 1.45. The molecule has 0 spiro atoms. The Morgan fingerprint density at radius 2 is 2.32 bits per heavy atom. The highest BCUT2D eigenvalue weighted by Crippen LogP contribution is 2.15. The largest absolute Gasteiger partial charge is 0.314 e. The molecule has 1 aliphatic rings. The van der Waals surface area contributed by atoms with Crippen LogP contribution in [0.25, 0.3) is 0 Å². The molecule has 1 saturated heterocycles. The minimum Gasteiger partial charge on any atom is -0.314 e. The van der Waals surface area contributed by atoms with Gasteiger partial charge in [-0.25, -0.2) is 0 Å². The second-order valence-corrected chi connectivity index (χ2v) is 5.07. The van der Waals surface area contributed by atoms with Gasteiger partial charge in [0, 0.05) is 24.2 Å². The van der Waals surface area contributed by atoms with Crippen molar-refractivity contribution in [2.45, 2.75) is 45.2 Å². The zero-order valence-electron chi connectivity index (χ0n) is 11.1. The summed E-state index contributed by atoms with van der Waals surface area (Å²) in [5.74, 6) is 0. The molecule has 0 bridgehead atoms. The molecule has 2 rings (SSSR count). The molecule has 6 nitrogen and oxygen atoms in total. The summed E-state index contributed by atoms with van der Waals surface area (Å²) in [6.45, 7) is 3.14. The Morgan fingerprint density at radius 3 is 2.95 bits per heavy atom. The van der Waals surface area contributed by atoms with Crippen molar-refractivity contribution in [3.05, 3.63) is 38.3 Å². The zero-order valence-corrected chi connectivity index (χ0v) is 11.1. The van der Waals surface area contributed by atoms with Gasteiger partial charge in [-0.05, 0) is 32.7 Å². The monoisotopic (exact) mass is 265 g/mol. The van der Waals surface area contributed by atoms with E-state index in [1.165, 1.54) is 29.7 Å². The lowest BCUT2D eigenvalue weighted by molar-refractivity contribution is -0.385. The topological polar surface area (TPSA) is 77.2 Å². The summed E-state index contributed by atoms with van der Waals surface area (Å²) in [7, 11) is 0. The van der Waals surface area contributed by atoms with Crippen molar-refractivity contribution in [1.82, 2.24) is 9.88 Å². The third-order valence-corrected chi connectivity index (χ3v) is 3.63. The SMILES string of the molecule is Cc1cc(=O)n(CCC2CCCCN2)cc1[N+](=O)[O-]. The molecule has 0 aromatic carbocycles. The van der Waals surface area contributed by atoms with Gasteiger partial charge in [0.1, 0.15) is 0 Å². The lowest BCUT2D eigenvalue weighted by Gasteiger charge is -2.23. The Labute approximate surface area is 111 Å². The van der Waals surface area contributed by atoms with Crippen molar-refractivity contribution in [2.24, 2.45) is 0 Å². The Hall–Kier alpha value is -1.69. The highest BCUT2D eigenvalue weighted by molar-refractivity contribution is 5.35. The van der Waals surface area contributed by atoms with Crippen LogP contribution in [0.4, 0.5) is 5.69 Å². The van der Waals surface area contributed by atoms with Crippen LogP contribution in [0.3, 0.4) is 0 Å². The molecule has 19 heavy (non-hydrogen) atoms. The Kier molecular flexibility index (Phi) is 4.31. The summed E-state index contributed by atoms with van der Waals surface area (Å²) in [6, 6.07) is 1.76. The van der Waals surface area contributed by atoms with Crippen LogP contribution in [0.15, 0.2) is 17.1 Å². The van der Waals surface area contributed by atoms with E-state index in [-0.39, 0.29) is 11.2 Å². The molecule has 6 heteroatoms. The molecule has 1 aromatic rings. The van der Waals surface area contributed by atoms with E-state index in [1.54, 1.807) is 6.92 Å². The van der Waals surface area contributed by atoms with Crippen LogP contribution in [-0.4, -0.2) is 22.1 Å². The van der Waals surface area contributed by atoms with Crippen LogP contribution >= 0.6 is 0 Å². The number of aryl methyl sites for hydroxylation is 2. The average Bonchev–Trinajstić information content (AvgIpc) is 2.38. The maximum atomic E-state index is 11.8. The lowest BCUT2D eigenvalue weighted by atomic mass is 10.0. The van der Waals surface area contributed by atoms with Crippen molar-refractivity contribution >= 4 is 5.69 Å². The summed E-state index contributed by atoms with van der Waals surface area (Å²) in [6.07, 6.45) is 5.72. The van der Waals surface area contributed by atoms with Crippen molar-refractivity contribution in [3.63, 3.8) is 0 Å². The van der Waals surface area contributed by atoms with Gasteiger partial charge in [0.25, 0.3) is 11.2 Å². The fourth-order valence-corrected chi connectivity index (χ4v) is 2.49. The number of aromatic nitrogens is 1. The molecular weight excluding hydrogens is 246 g/mol. The zero-order chi connectivity index (χ0) is 13.8. The molecule has 2 heterocycles. The van der Waals surface area contributed by atoms with Gasteiger partial charge in [-0.1, -0.05) is 6.42 Å². The number of piperidine rings is 1. The van der Waals surface area contributed by atoms with E-state index in [2.05, 4.69) is 5.32 Å². The number of hydrogen-bond donors (Lipinski definition) is 1. The van der Waals surface area contributed by atoms with Gasteiger partial charge in [-0.3, -0.25) is 14.9 Å². The summed E-state index contributed by atoms with van der Waals surface area (Å²) >= 11 is 0. The predicted octanol–water partition coefficient (Wildman–Crippen LogP) is 1.60. The molecule has 1 atom stereocenters. The smallest absolute Gasteiger partial charge is 0.288 e. The number of pyridine rings is 1. The van der Waals surface area contributed by atoms with Gasteiger partial charge in [0.2, 0.25) is 0 Å². The maximum absolute atomic E-state index is 11.8. The Balaban J connectivity index is 2.09. The second kappa shape index (κ2) is 5.97. The van der Waals surface area contributed by atoms with Gasteiger partial charge >= 0.3 is 0 Å². The minimum absolute atomic E-state index is 0.0104. The molecule has 1 N–H and O–H groups in total. The Morgan fingerprint density at radius 1 is 1.53 bits per heavy atom. The van der Waals surface area contributed by atoms with Crippen molar-refractivity contribution in [2.75, 3.05) is 6.54 Å². The predicted molar refractivity (Wildman–Crippen MR) is 72.4 cm³/mol. The molecule has 1 aliphatic heterocycles. The minimum atomic E-state index is -0.440. The first-order chi connectivity index (χ1) is 9.08. The molecule has 0 saturated carbocycles. The van der Waals surface area contributed by atoms with Crippen LogP contribution in [-0.2, 0) is 6.54 Å². The van der Waals surface area contributed by atoms with Crippen LogP contribution in [0.5, 0.6) is 0 Å². The Bertz CT molecular complexity index is 518. The first-order valence-corrected chi connectivity index (χ1v) is 6.67. The summed E-state index contributed by atoms with van der Waals surface area (Å²) in [5, 5.41) is 14.3. The van der Waals surface area contributed by atoms with Gasteiger partial charge in [-0.2, -0.15) is 0 Å². The first kappa shape index (κ1) is 13.7.